The van der Waals surface area contributed by atoms with Crippen molar-refractivity contribution in [2.45, 2.75) is 26.3 Å². The van der Waals surface area contributed by atoms with Gasteiger partial charge in [-0.15, -0.1) is 0 Å². The zero-order chi connectivity index (χ0) is 21.2. The van der Waals surface area contributed by atoms with Crippen molar-refractivity contribution in [3.05, 3.63) is 39.7 Å². The predicted octanol–water partition coefficient (Wildman–Crippen LogP) is 1.45. The fourth-order valence-corrected chi connectivity index (χ4v) is 5.33. The topological polar surface area (TPSA) is 103 Å². The largest absolute Gasteiger partial charge is 0.483 e. The zero-order valence-electron chi connectivity index (χ0n) is 16.8. The molecule has 1 aliphatic heterocycles. The Morgan fingerprint density at radius 2 is 2.07 bits per heavy atom. The molecule has 1 saturated heterocycles. The number of hydrogen-bond donors (Lipinski definition) is 0. The van der Waals surface area contributed by atoms with Crippen molar-refractivity contribution in [1.29, 1.82) is 0 Å². The minimum absolute atomic E-state index is 0.0398. The Hall–Kier alpha value is -2.39. The van der Waals surface area contributed by atoms with Gasteiger partial charge in [-0.2, -0.15) is 0 Å². The van der Waals surface area contributed by atoms with Crippen LogP contribution in [0.1, 0.15) is 17.5 Å². The first-order chi connectivity index (χ1) is 13.7. The fourth-order valence-electron chi connectivity index (χ4n) is 3.60. The van der Waals surface area contributed by atoms with Gasteiger partial charge in [0, 0.05) is 36.7 Å². The average molecular weight is 423 g/mol. The van der Waals surface area contributed by atoms with Gasteiger partial charge in [0.05, 0.1) is 18.1 Å². The van der Waals surface area contributed by atoms with E-state index in [0.29, 0.717) is 36.5 Å². The second-order valence-electron chi connectivity index (χ2n) is 7.24. The van der Waals surface area contributed by atoms with Gasteiger partial charge in [0.15, 0.2) is 16.4 Å². The molecule has 1 aromatic carbocycles. The maximum absolute atomic E-state index is 12.8. The smallest absolute Gasteiger partial charge is 0.336 e. The molecule has 0 saturated carbocycles. The second kappa shape index (κ2) is 8.54. The summed E-state index contributed by atoms with van der Waals surface area (Å²) >= 11 is 0. The lowest BCUT2D eigenvalue weighted by Crippen LogP contribution is -2.45. The van der Waals surface area contributed by atoms with E-state index in [1.165, 1.54) is 18.1 Å². The fraction of sp³-hybridized carbons (Fsp3) is 0.500. The third-order valence-corrected chi connectivity index (χ3v) is 6.93. The summed E-state index contributed by atoms with van der Waals surface area (Å²) in [6.45, 7) is 3.94. The number of carbonyl (C=O) groups is 1. The quantitative estimate of drug-likeness (QED) is 0.621. The summed E-state index contributed by atoms with van der Waals surface area (Å²) in [5.41, 5.74) is 1.41. The monoisotopic (exact) mass is 423 g/mol. The highest BCUT2D eigenvalue weighted by Crippen LogP contribution is 2.28. The summed E-state index contributed by atoms with van der Waals surface area (Å²) in [5, 5.41) is 0.804. The molecule has 0 unspecified atom stereocenters. The number of carbonyl (C=O) groups excluding carboxylic acids is 1. The van der Waals surface area contributed by atoms with Gasteiger partial charge in [-0.1, -0.05) is 0 Å². The molecule has 1 atom stereocenters. The lowest BCUT2D eigenvalue weighted by Gasteiger charge is -2.28. The Balaban J connectivity index is 1.77. The van der Waals surface area contributed by atoms with Crippen molar-refractivity contribution in [3.63, 3.8) is 0 Å². The SMILES string of the molecule is COCCN(C(=O)COc1ccc2c(C)cc(=O)oc2c1C)[C@H]1CCS(=O)(=O)C1. The van der Waals surface area contributed by atoms with Gasteiger partial charge in [0.25, 0.3) is 5.91 Å². The number of amides is 1. The summed E-state index contributed by atoms with van der Waals surface area (Å²) in [7, 11) is -1.60. The van der Waals surface area contributed by atoms with Crippen molar-refractivity contribution in [1.82, 2.24) is 4.90 Å². The summed E-state index contributed by atoms with van der Waals surface area (Å²) in [6.07, 6.45) is 0.414. The van der Waals surface area contributed by atoms with E-state index in [2.05, 4.69) is 0 Å². The number of benzene rings is 1. The Labute approximate surface area is 169 Å². The Morgan fingerprint density at radius 3 is 2.72 bits per heavy atom. The van der Waals surface area contributed by atoms with E-state index in [1.807, 2.05) is 6.92 Å². The highest BCUT2D eigenvalue weighted by molar-refractivity contribution is 7.91. The van der Waals surface area contributed by atoms with Crippen LogP contribution in [0, 0.1) is 13.8 Å². The molecule has 0 spiro atoms. The number of sulfone groups is 1. The van der Waals surface area contributed by atoms with Gasteiger partial charge in [0.2, 0.25) is 0 Å². The molecule has 0 bridgehead atoms. The first kappa shape index (κ1) is 21.3. The maximum atomic E-state index is 12.8. The number of fused-ring (bicyclic) bond motifs is 1. The molecule has 1 amide bonds. The molecule has 8 nitrogen and oxygen atoms in total. The standard InChI is InChI=1S/C20H25NO7S/c1-13-10-19(23)28-20-14(2)17(5-4-16(13)20)27-11-18(22)21(7-8-26-3)15-6-9-29(24,25)12-15/h4-5,10,15H,6-9,11-12H2,1-3H3/t15-/m0/s1. The molecule has 0 N–H and O–H groups in total. The van der Waals surface area contributed by atoms with Crippen LogP contribution in [0.25, 0.3) is 11.0 Å². The van der Waals surface area contributed by atoms with Crippen LogP contribution < -0.4 is 10.4 Å². The summed E-state index contributed by atoms with van der Waals surface area (Å²) in [5.74, 6) is 0.166. The van der Waals surface area contributed by atoms with Crippen LogP contribution in [0.5, 0.6) is 5.75 Å². The second-order valence-corrected chi connectivity index (χ2v) is 9.47. The molecule has 1 fully saturated rings. The van der Waals surface area contributed by atoms with Crippen LogP contribution in [0.4, 0.5) is 0 Å². The lowest BCUT2D eigenvalue weighted by atomic mass is 10.1. The lowest BCUT2D eigenvalue weighted by molar-refractivity contribution is -0.136. The summed E-state index contributed by atoms with van der Waals surface area (Å²) in [4.78, 5) is 26.0. The highest BCUT2D eigenvalue weighted by Gasteiger charge is 2.34. The number of rotatable bonds is 7. The van der Waals surface area contributed by atoms with Gasteiger partial charge >= 0.3 is 5.63 Å². The number of nitrogens with zero attached hydrogens (tertiary/aromatic N) is 1. The normalized spacial score (nSPS) is 18.1. The van der Waals surface area contributed by atoms with E-state index in [1.54, 1.807) is 19.1 Å². The third-order valence-electron chi connectivity index (χ3n) is 5.18. The maximum Gasteiger partial charge on any atom is 0.336 e. The van der Waals surface area contributed by atoms with Crippen molar-refractivity contribution < 1.29 is 27.1 Å². The molecule has 2 heterocycles. The molecule has 158 valence electrons. The van der Waals surface area contributed by atoms with Crippen LogP contribution >= 0.6 is 0 Å². The van der Waals surface area contributed by atoms with Crippen molar-refractivity contribution in [2.24, 2.45) is 0 Å². The third kappa shape index (κ3) is 4.79. The van der Waals surface area contributed by atoms with Gasteiger partial charge < -0.3 is 18.8 Å². The molecule has 3 rings (SSSR count). The van der Waals surface area contributed by atoms with Crippen LogP contribution in [-0.2, 0) is 19.4 Å². The molecule has 1 aromatic heterocycles. The van der Waals surface area contributed by atoms with Gasteiger partial charge in [0.1, 0.15) is 11.3 Å². The molecule has 0 aliphatic carbocycles. The van der Waals surface area contributed by atoms with E-state index in [9.17, 15) is 18.0 Å². The molecule has 2 aromatic rings. The van der Waals surface area contributed by atoms with Gasteiger partial charge in [-0.05, 0) is 38.0 Å². The molecule has 29 heavy (non-hydrogen) atoms. The average Bonchev–Trinajstić information content (AvgIpc) is 3.01. The minimum atomic E-state index is -3.12. The molecule has 0 radical (unpaired) electrons. The van der Waals surface area contributed by atoms with Crippen molar-refractivity contribution in [2.75, 3.05) is 38.4 Å². The predicted molar refractivity (Wildman–Crippen MR) is 108 cm³/mol. The van der Waals surface area contributed by atoms with Crippen LogP contribution in [0.3, 0.4) is 0 Å². The van der Waals surface area contributed by atoms with Gasteiger partial charge in [-0.3, -0.25) is 4.79 Å². The minimum Gasteiger partial charge on any atom is -0.483 e. The van der Waals surface area contributed by atoms with E-state index < -0.39 is 15.5 Å². The summed E-state index contributed by atoms with van der Waals surface area (Å²) in [6, 6.07) is 4.57. The number of aryl methyl sites for hydroxylation is 2. The van der Waals surface area contributed by atoms with Crippen molar-refractivity contribution >= 4 is 26.7 Å². The van der Waals surface area contributed by atoms with E-state index >= 15 is 0 Å². The first-order valence-electron chi connectivity index (χ1n) is 9.37. The molecular weight excluding hydrogens is 398 g/mol. The molecular formula is C20H25NO7S. The van der Waals surface area contributed by atoms with E-state index in [-0.39, 0.29) is 30.1 Å². The molecule has 1 aliphatic rings. The number of ether oxygens (including phenoxy) is 2. The number of methoxy groups -OCH3 is 1. The van der Waals surface area contributed by atoms with Crippen molar-refractivity contribution in [3.8, 4) is 5.75 Å². The number of hydrogen-bond acceptors (Lipinski definition) is 7. The van der Waals surface area contributed by atoms with Crippen LogP contribution in [0.2, 0.25) is 0 Å². The Morgan fingerprint density at radius 1 is 1.31 bits per heavy atom. The Bertz CT molecular complexity index is 1070. The first-order valence-corrected chi connectivity index (χ1v) is 11.2. The Kier molecular flexibility index (Phi) is 6.28. The van der Waals surface area contributed by atoms with E-state index in [4.69, 9.17) is 13.9 Å². The van der Waals surface area contributed by atoms with Crippen LogP contribution in [0.15, 0.2) is 27.4 Å². The highest BCUT2D eigenvalue weighted by atomic mass is 32.2. The molecule has 9 heteroatoms. The summed E-state index contributed by atoms with van der Waals surface area (Å²) < 4.78 is 39.7. The van der Waals surface area contributed by atoms with Crippen LogP contribution in [-0.4, -0.2) is 63.6 Å². The van der Waals surface area contributed by atoms with E-state index in [0.717, 1.165) is 10.9 Å². The zero-order valence-corrected chi connectivity index (χ0v) is 17.6. The van der Waals surface area contributed by atoms with Gasteiger partial charge in [-0.25, -0.2) is 13.2 Å².